The van der Waals surface area contributed by atoms with E-state index in [-0.39, 0.29) is 29.2 Å². The van der Waals surface area contributed by atoms with E-state index >= 15 is 0 Å². The molecular formula is C28H31BrClN3O5. The maximum absolute atomic E-state index is 13.9. The van der Waals surface area contributed by atoms with Gasteiger partial charge in [-0.1, -0.05) is 57.9 Å². The monoisotopic (exact) mass is 603 g/mol. The number of nitrogens with zero attached hydrogens (tertiary/aromatic N) is 1. The minimum Gasteiger partial charge on any atom is -0.396 e. The fraction of sp³-hybridized carbons (Fsp3) is 0.464. The highest BCUT2D eigenvalue weighted by Gasteiger charge is 2.76. The van der Waals surface area contributed by atoms with Gasteiger partial charge in [-0.2, -0.15) is 0 Å². The summed E-state index contributed by atoms with van der Waals surface area (Å²) in [5.41, 5.74) is 0.406. The number of hydrogen-bond acceptors (Lipinski definition) is 5. The van der Waals surface area contributed by atoms with Crippen LogP contribution in [0.1, 0.15) is 31.2 Å². The average molecular weight is 605 g/mol. The second kappa shape index (κ2) is 11.3. The summed E-state index contributed by atoms with van der Waals surface area (Å²) in [5.74, 6) is -2.29. The third kappa shape index (κ3) is 4.97. The smallest absolute Gasteiger partial charge is 0.250 e. The van der Waals surface area contributed by atoms with Crippen LogP contribution in [0.2, 0.25) is 5.02 Å². The van der Waals surface area contributed by atoms with Crippen LogP contribution in [0.4, 0.5) is 5.69 Å². The van der Waals surface area contributed by atoms with E-state index in [9.17, 15) is 19.5 Å². The van der Waals surface area contributed by atoms with Crippen LogP contribution >= 0.6 is 27.5 Å². The van der Waals surface area contributed by atoms with Gasteiger partial charge in [-0.3, -0.25) is 14.4 Å². The number of alkyl halides is 1. The fourth-order valence-corrected chi connectivity index (χ4v) is 7.26. The lowest BCUT2D eigenvalue weighted by Gasteiger charge is -2.34. The van der Waals surface area contributed by atoms with Crippen molar-refractivity contribution in [3.8, 4) is 0 Å². The third-order valence-electron chi connectivity index (χ3n) is 7.82. The van der Waals surface area contributed by atoms with Crippen LogP contribution in [0.5, 0.6) is 0 Å². The summed E-state index contributed by atoms with van der Waals surface area (Å²) in [4.78, 5) is 42.7. The number of amides is 3. The summed E-state index contributed by atoms with van der Waals surface area (Å²) in [6.07, 6.45) is 1.90. The number of rotatable bonds is 10. The van der Waals surface area contributed by atoms with E-state index in [0.29, 0.717) is 43.1 Å². The molecule has 2 bridgehead atoms. The lowest BCUT2D eigenvalue weighted by atomic mass is 9.70. The molecule has 5 rings (SSSR count). The molecule has 3 heterocycles. The number of carbonyl (C=O) groups is 3. The van der Waals surface area contributed by atoms with Gasteiger partial charge in [0.05, 0.1) is 17.9 Å². The summed E-state index contributed by atoms with van der Waals surface area (Å²) in [5, 5.41) is 15.7. The Bertz CT molecular complexity index is 1180. The Kier molecular flexibility index (Phi) is 8.09. The number of unbranched alkanes of at least 4 members (excludes halogenated alkanes) is 2. The maximum atomic E-state index is 13.9. The highest BCUT2D eigenvalue weighted by atomic mass is 79.9. The number of hydrogen-bond donors (Lipinski definition) is 3. The van der Waals surface area contributed by atoms with E-state index in [1.807, 2.05) is 30.3 Å². The maximum Gasteiger partial charge on any atom is 0.250 e. The van der Waals surface area contributed by atoms with Crippen LogP contribution in [-0.2, 0) is 25.7 Å². The predicted octanol–water partition coefficient (Wildman–Crippen LogP) is 3.51. The molecule has 6 atom stereocenters. The molecular weight excluding hydrogens is 574 g/mol. The topological polar surface area (TPSA) is 108 Å². The van der Waals surface area contributed by atoms with Gasteiger partial charge in [0.1, 0.15) is 11.6 Å². The Morgan fingerprint density at radius 2 is 1.82 bits per heavy atom. The number of likely N-dealkylation sites (tertiary alicyclic amines) is 1. The van der Waals surface area contributed by atoms with Gasteiger partial charge < -0.3 is 25.4 Å². The Balaban J connectivity index is 1.42. The van der Waals surface area contributed by atoms with Crippen molar-refractivity contribution < 1.29 is 24.2 Å². The summed E-state index contributed by atoms with van der Waals surface area (Å²) < 4.78 is 6.51. The Labute approximate surface area is 235 Å². The van der Waals surface area contributed by atoms with Crippen molar-refractivity contribution in [2.24, 2.45) is 11.8 Å². The molecule has 1 spiro atoms. The summed E-state index contributed by atoms with van der Waals surface area (Å²) in [6.45, 7) is 0.755. The Hall–Kier alpha value is -2.46. The molecule has 0 aromatic heterocycles. The fourth-order valence-electron chi connectivity index (χ4n) is 6.19. The van der Waals surface area contributed by atoms with E-state index in [1.54, 1.807) is 29.2 Å². The first-order chi connectivity index (χ1) is 18.4. The average Bonchev–Trinajstić information content (AvgIpc) is 3.50. The van der Waals surface area contributed by atoms with Gasteiger partial charge in [-0.25, -0.2) is 0 Å². The number of nitrogens with one attached hydrogen (secondary N) is 2. The van der Waals surface area contributed by atoms with Crippen molar-refractivity contribution in [3.05, 3.63) is 65.2 Å². The van der Waals surface area contributed by atoms with Gasteiger partial charge in [-0.05, 0) is 55.5 Å². The first kappa shape index (κ1) is 27.1. The zero-order valence-electron chi connectivity index (χ0n) is 20.8. The summed E-state index contributed by atoms with van der Waals surface area (Å²) >= 11 is 9.69. The molecule has 3 aliphatic heterocycles. The molecule has 3 saturated heterocycles. The normalized spacial score (nSPS) is 29.4. The lowest BCUT2D eigenvalue weighted by molar-refractivity contribution is -0.140. The molecule has 3 amide bonds. The minimum absolute atomic E-state index is 0.0701. The standard InChI is InChI=1S/C28H31BrClN3O5/c29-20-15-28-22(21(23(20)38-28)25(35)31-16-17-7-3-1-4-8-17)27(37)33(13-5-2-6-14-34)24(28)26(36)32-19-11-9-18(30)10-12-19/h1,3-4,7-12,20-24,34H,2,5-6,13-16H2,(H,31,35)(H,32,36)/t20?,21-,22-,23-,24?,28?/m0/s1. The second-order valence-electron chi connectivity index (χ2n) is 10.2. The molecule has 3 aliphatic rings. The van der Waals surface area contributed by atoms with Gasteiger partial charge in [0.2, 0.25) is 17.7 Å². The number of benzene rings is 2. The van der Waals surface area contributed by atoms with Crippen molar-refractivity contribution in [3.63, 3.8) is 0 Å². The van der Waals surface area contributed by atoms with Crippen LogP contribution in [0.3, 0.4) is 0 Å². The third-order valence-corrected chi connectivity index (χ3v) is 8.92. The van der Waals surface area contributed by atoms with E-state index in [0.717, 1.165) is 12.0 Å². The molecule has 0 radical (unpaired) electrons. The van der Waals surface area contributed by atoms with Crippen molar-refractivity contribution in [2.75, 3.05) is 18.5 Å². The van der Waals surface area contributed by atoms with Crippen molar-refractivity contribution in [1.82, 2.24) is 10.2 Å². The summed E-state index contributed by atoms with van der Waals surface area (Å²) in [6, 6.07) is 15.5. The van der Waals surface area contributed by atoms with Crippen LogP contribution < -0.4 is 10.6 Å². The molecule has 8 nitrogen and oxygen atoms in total. The number of anilines is 1. The zero-order chi connectivity index (χ0) is 26.9. The molecule has 3 N–H and O–H groups in total. The van der Waals surface area contributed by atoms with Crippen molar-refractivity contribution in [2.45, 2.75) is 54.8 Å². The minimum atomic E-state index is -1.11. The van der Waals surface area contributed by atoms with Gasteiger partial charge in [-0.15, -0.1) is 0 Å². The number of fused-ring (bicyclic) bond motifs is 1. The molecule has 38 heavy (non-hydrogen) atoms. The van der Waals surface area contributed by atoms with E-state index < -0.39 is 29.6 Å². The van der Waals surface area contributed by atoms with Gasteiger partial charge in [0.25, 0.3) is 0 Å². The summed E-state index contributed by atoms with van der Waals surface area (Å²) in [7, 11) is 0. The molecule has 0 aliphatic carbocycles. The van der Waals surface area contributed by atoms with Crippen LogP contribution in [0.25, 0.3) is 0 Å². The highest BCUT2D eigenvalue weighted by molar-refractivity contribution is 9.09. The Morgan fingerprint density at radius 1 is 1.08 bits per heavy atom. The van der Waals surface area contributed by atoms with Crippen LogP contribution in [0.15, 0.2) is 54.6 Å². The number of aliphatic hydroxyl groups excluding tert-OH is 1. The zero-order valence-corrected chi connectivity index (χ0v) is 23.2. The largest absolute Gasteiger partial charge is 0.396 e. The van der Waals surface area contributed by atoms with Gasteiger partial charge >= 0.3 is 0 Å². The van der Waals surface area contributed by atoms with Gasteiger partial charge in [0.15, 0.2) is 0 Å². The quantitative estimate of drug-likeness (QED) is 0.284. The molecule has 3 fully saturated rings. The Morgan fingerprint density at radius 3 is 2.53 bits per heavy atom. The van der Waals surface area contributed by atoms with Gasteiger partial charge in [0, 0.05) is 35.2 Å². The molecule has 2 aromatic carbocycles. The first-order valence-corrected chi connectivity index (χ1v) is 14.3. The first-order valence-electron chi connectivity index (χ1n) is 13.0. The number of carbonyl (C=O) groups excluding carboxylic acids is 3. The van der Waals surface area contributed by atoms with Crippen molar-refractivity contribution in [1.29, 1.82) is 0 Å². The number of halogens is 2. The number of ether oxygens (including phenoxy) is 1. The molecule has 10 heteroatoms. The van der Waals surface area contributed by atoms with E-state index in [4.69, 9.17) is 16.3 Å². The van der Waals surface area contributed by atoms with E-state index in [2.05, 4.69) is 26.6 Å². The predicted molar refractivity (Wildman–Crippen MR) is 147 cm³/mol. The second-order valence-corrected chi connectivity index (χ2v) is 11.8. The van der Waals surface area contributed by atoms with Crippen molar-refractivity contribution >= 4 is 50.9 Å². The molecule has 0 saturated carbocycles. The number of aliphatic hydroxyl groups is 1. The molecule has 202 valence electrons. The SMILES string of the molecule is O=C(Nc1ccc(Cl)cc1)C1N(CCCCCO)C(=O)[C@@H]2[C@H](C(=O)NCc3ccccc3)[C@H]3OC12CC3Br. The highest BCUT2D eigenvalue weighted by Crippen LogP contribution is 2.60. The molecule has 2 aromatic rings. The lowest BCUT2D eigenvalue weighted by Crippen LogP contribution is -2.54. The molecule has 3 unspecified atom stereocenters. The van der Waals surface area contributed by atoms with E-state index in [1.165, 1.54) is 0 Å². The van der Waals surface area contributed by atoms with Crippen LogP contribution in [0, 0.1) is 11.8 Å². The van der Waals surface area contributed by atoms with Crippen LogP contribution in [-0.4, -0.2) is 63.5 Å².